The third kappa shape index (κ3) is 2.00. The van der Waals surface area contributed by atoms with Crippen LogP contribution in [0.4, 0.5) is 0 Å². The van der Waals surface area contributed by atoms with Crippen molar-refractivity contribution in [3.63, 3.8) is 0 Å². The molecule has 13 heavy (non-hydrogen) atoms. The first kappa shape index (κ1) is 8.97. The minimum atomic E-state index is -0.438. The summed E-state index contributed by atoms with van der Waals surface area (Å²) in [6.07, 6.45) is -0.757. The first-order valence-corrected chi connectivity index (χ1v) is 4.36. The standard InChI is InChI=1S/C9H9ClO3/c1-6-11-9(13-12-6)7-2-4-8(10)5-3-7/h2-6,9H,1H3. The third-order valence-electron chi connectivity index (χ3n) is 1.74. The van der Waals surface area contributed by atoms with Crippen LogP contribution in [-0.2, 0) is 14.5 Å². The van der Waals surface area contributed by atoms with Crippen molar-refractivity contribution in [3.05, 3.63) is 34.9 Å². The van der Waals surface area contributed by atoms with E-state index in [-0.39, 0.29) is 6.29 Å². The summed E-state index contributed by atoms with van der Waals surface area (Å²) in [6, 6.07) is 7.25. The van der Waals surface area contributed by atoms with Crippen LogP contribution in [0.25, 0.3) is 0 Å². The van der Waals surface area contributed by atoms with Crippen LogP contribution in [0, 0.1) is 0 Å². The summed E-state index contributed by atoms with van der Waals surface area (Å²) < 4.78 is 5.30. The van der Waals surface area contributed by atoms with Crippen LogP contribution in [0.1, 0.15) is 18.8 Å². The van der Waals surface area contributed by atoms with Gasteiger partial charge < -0.3 is 4.74 Å². The Balaban J connectivity index is 2.13. The SMILES string of the molecule is CC1OOC(c2ccc(Cl)cc2)O1. The summed E-state index contributed by atoms with van der Waals surface area (Å²) in [6.45, 7) is 1.77. The van der Waals surface area contributed by atoms with E-state index in [2.05, 4.69) is 0 Å². The highest BCUT2D eigenvalue weighted by molar-refractivity contribution is 6.30. The molecule has 1 aliphatic rings. The molecule has 0 amide bonds. The van der Waals surface area contributed by atoms with Gasteiger partial charge in [0.15, 0.2) is 6.29 Å². The van der Waals surface area contributed by atoms with E-state index in [1.165, 1.54) is 0 Å². The van der Waals surface area contributed by atoms with Gasteiger partial charge in [-0.25, -0.2) is 4.89 Å². The van der Waals surface area contributed by atoms with Gasteiger partial charge >= 0.3 is 0 Å². The predicted molar refractivity (Wildman–Crippen MR) is 46.9 cm³/mol. The van der Waals surface area contributed by atoms with Crippen molar-refractivity contribution in [2.75, 3.05) is 0 Å². The summed E-state index contributed by atoms with van der Waals surface area (Å²) in [5.41, 5.74) is 0.897. The highest BCUT2D eigenvalue weighted by Crippen LogP contribution is 2.28. The molecule has 0 saturated carbocycles. The lowest BCUT2D eigenvalue weighted by atomic mass is 10.2. The molecule has 2 atom stereocenters. The molecule has 4 heteroatoms. The molecule has 3 nitrogen and oxygen atoms in total. The molecule has 1 heterocycles. The maximum atomic E-state index is 5.73. The smallest absolute Gasteiger partial charge is 0.220 e. The molecule has 1 aromatic carbocycles. The maximum Gasteiger partial charge on any atom is 0.220 e. The van der Waals surface area contributed by atoms with Crippen LogP contribution < -0.4 is 0 Å². The van der Waals surface area contributed by atoms with E-state index in [1.807, 2.05) is 12.1 Å². The lowest BCUT2D eigenvalue weighted by molar-refractivity contribution is -0.295. The lowest BCUT2D eigenvalue weighted by Gasteiger charge is -2.05. The van der Waals surface area contributed by atoms with Crippen LogP contribution in [0.2, 0.25) is 5.02 Å². The Kier molecular flexibility index (Phi) is 2.51. The van der Waals surface area contributed by atoms with Gasteiger partial charge in [-0.05, 0) is 19.1 Å². The molecule has 0 bridgehead atoms. The zero-order chi connectivity index (χ0) is 9.26. The van der Waals surface area contributed by atoms with Crippen molar-refractivity contribution in [1.29, 1.82) is 0 Å². The first-order valence-electron chi connectivity index (χ1n) is 3.99. The zero-order valence-electron chi connectivity index (χ0n) is 7.07. The minimum Gasteiger partial charge on any atom is -0.314 e. The van der Waals surface area contributed by atoms with Gasteiger partial charge in [0.2, 0.25) is 6.29 Å². The van der Waals surface area contributed by atoms with Gasteiger partial charge in [-0.1, -0.05) is 23.7 Å². The average Bonchev–Trinajstić information content (AvgIpc) is 2.53. The molecule has 0 radical (unpaired) electrons. The second kappa shape index (κ2) is 3.64. The Morgan fingerprint density at radius 2 is 1.85 bits per heavy atom. The van der Waals surface area contributed by atoms with Gasteiger partial charge in [-0.2, -0.15) is 4.89 Å². The van der Waals surface area contributed by atoms with Gasteiger partial charge in [0.25, 0.3) is 0 Å². The monoisotopic (exact) mass is 200 g/mol. The van der Waals surface area contributed by atoms with Crippen molar-refractivity contribution in [2.24, 2.45) is 0 Å². The molecule has 2 unspecified atom stereocenters. The quantitative estimate of drug-likeness (QED) is 0.653. The summed E-state index contributed by atoms with van der Waals surface area (Å²) in [7, 11) is 0. The van der Waals surface area contributed by atoms with E-state index in [1.54, 1.807) is 19.1 Å². The van der Waals surface area contributed by atoms with E-state index < -0.39 is 6.29 Å². The van der Waals surface area contributed by atoms with Crippen molar-refractivity contribution < 1.29 is 14.5 Å². The Labute approximate surface area is 81.1 Å². The second-order valence-electron chi connectivity index (χ2n) is 2.78. The fourth-order valence-electron chi connectivity index (χ4n) is 1.10. The van der Waals surface area contributed by atoms with Crippen molar-refractivity contribution >= 4 is 11.6 Å². The Morgan fingerprint density at radius 3 is 2.38 bits per heavy atom. The second-order valence-corrected chi connectivity index (χ2v) is 3.22. The molecule has 0 aromatic heterocycles. The van der Waals surface area contributed by atoms with E-state index >= 15 is 0 Å². The first-order chi connectivity index (χ1) is 6.25. The van der Waals surface area contributed by atoms with Crippen molar-refractivity contribution in [2.45, 2.75) is 19.5 Å². The molecule has 1 aromatic rings. The van der Waals surface area contributed by atoms with E-state index in [9.17, 15) is 0 Å². The molecule has 0 aliphatic carbocycles. The number of ether oxygens (including phenoxy) is 1. The highest BCUT2D eigenvalue weighted by atomic mass is 35.5. The molecule has 1 fully saturated rings. The number of rotatable bonds is 1. The van der Waals surface area contributed by atoms with E-state index in [0.717, 1.165) is 5.56 Å². The van der Waals surface area contributed by atoms with Crippen LogP contribution in [0.5, 0.6) is 0 Å². The van der Waals surface area contributed by atoms with Crippen molar-refractivity contribution in [1.82, 2.24) is 0 Å². The predicted octanol–water partition coefficient (Wildman–Crippen LogP) is 2.66. The average molecular weight is 201 g/mol. The molecular weight excluding hydrogens is 192 g/mol. The molecule has 0 spiro atoms. The summed E-state index contributed by atoms with van der Waals surface area (Å²) >= 11 is 5.73. The highest BCUT2D eigenvalue weighted by Gasteiger charge is 2.25. The molecule has 0 N–H and O–H groups in total. The molecule has 2 rings (SSSR count). The van der Waals surface area contributed by atoms with Gasteiger partial charge in [0.05, 0.1) is 0 Å². The topological polar surface area (TPSA) is 27.7 Å². The molecule has 1 aliphatic heterocycles. The molecular formula is C9H9ClO3. The largest absolute Gasteiger partial charge is 0.314 e. The Morgan fingerprint density at radius 1 is 1.15 bits per heavy atom. The number of hydrogen-bond donors (Lipinski definition) is 0. The van der Waals surface area contributed by atoms with Crippen LogP contribution in [-0.4, -0.2) is 6.29 Å². The van der Waals surface area contributed by atoms with Crippen LogP contribution >= 0.6 is 11.6 Å². The van der Waals surface area contributed by atoms with E-state index in [4.69, 9.17) is 26.1 Å². The van der Waals surface area contributed by atoms with Gasteiger partial charge in [-0.3, -0.25) is 0 Å². The summed E-state index contributed by atoms with van der Waals surface area (Å²) in [5, 5.41) is 0.690. The Hall–Kier alpha value is -0.610. The van der Waals surface area contributed by atoms with E-state index in [0.29, 0.717) is 5.02 Å². The fourth-order valence-corrected chi connectivity index (χ4v) is 1.23. The minimum absolute atomic E-state index is 0.319. The maximum absolute atomic E-state index is 5.73. The van der Waals surface area contributed by atoms with Gasteiger partial charge in [0.1, 0.15) is 0 Å². The number of hydrogen-bond acceptors (Lipinski definition) is 3. The molecule has 70 valence electrons. The normalized spacial score (nSPS) is 27.8. The lowest BCUT2D eigenvalue weighted by Crippen LogP contribution is -2.01. The van der Waals surface area contributed by atoms with Gasteiger partial charge in [0, 0.05) is 10.6 Å². The summed E-state index contributed by atoms with van der Waals surface area (Å²) in [4.78, 5) is 9.72. The van der Waals surface area contributed by atoms with Crippen molar-refractivity contribution in [3.8, 4) is 0 Å². The third-order valence-corrected chi connectivity index (χ3v) is 1.99. The Bertz CT molecular complexity index is 285. The summed E-state index contributed by atoms with van der Waals surface area (Å²) in [5.74, 6) is 0. The van der Waals surface area contributed by atoms with Gasteiger partial charge in [-0.15, -0.1) is 0 Å². The molecule has 1 saturated heterocycles. The number of halogens is 1. The zero-order valence-corrected chi connectivity index (χ0v) is 7.82. The fraction of sp³-hybridized carbons (Fsp3) is 0.333. The number of benzene rings is 1. The van der Waals surface area contributed by atoms with Crippen LogP contribution in [0.15, 0.2) is 24.3 Å². The van der Waals surface area contributed by atoms with Crippen LogP contribution in [0.3, 0.4) is 0 Å².